The Balaban J connectivity index is 1.83. The minimum Gasteiger partial charge on any atom is -0.329 e. The molecule has 2 N–H and O–H groups in total. The van der Waals surface area contributed by atoms with E-state index in [1.807, 2.05) is 10.9 Å². The van der Waals surface area contributed by atoms with Crippen molar-refractivity contribution in [2.45, 2.75) is 39.4 Å². The van der Waals surface area contributed by atoms with E-state index in [0.717, 1.165) is 45.0 Å². The molecule has 2 rings (SSSR count). The third-order valence-electron chi connectivity index (χ3n) is 3.91. The molecule has 0 saturated carbocycles. The molecular formula is C13H26N6. The number of rotatable bonds is 7. The highest BCUT2D eigenvalue weighted by Gasteiger charge is 2.26. The molecular weight excluding hydrogens is 240 g/mol. The van der Waals surface area contributed by atoms with Crippen LogP contribution in [0, 0.1) is 0 Å². The van der Waals surface area contributed by atoms with Crippen molar-refractivity contribution in [1.82, 2.24) is 24.8 Å². The van der Waals surface area contributed by atoms with Crippen LogP contribution in [0.2, 0.25) is 0 Å². The van der Waals surface area contributed by atoms with Gasteiger partial charge in [-0.05, 0) is 19.5 Å². The van der Waals surface area contributed by atoms with Crippen LogP contribution in [0.1, 0.15) is 26.0 Å². The Morgan fingerprint density at radius 1 is 1.42 bits per heavy atom. The molecule has 0 amide bonds. The average Bonchev–Trinajstić information content (AvgIpc) is 3.02. The van der Waals surface area contributed by atoms with Crippen LogP contribution in [0.4, 0.5) is 0 Å². The molecule has 6 nitrogen and oxygen atoms in total. The summed E-state index contributed by atoms with van der Waals surface area (Å²) in [4.78, 5) is 5.02. The lowest BCUT2D eigenvalue weighted by Gasteiger charge is -2.26. The van der Waals surface area contributed by atoms with Gasteiger partial charge in [0.05, 0.1) is 12.2 Å². The largest absolute Gasteiger partial charge is 0.329 e. The Hall–Kier alpha value is -0.980. The summed E-state index contributed by atoms with van der Waals surface area (Å²) in [5, 5.41) is 8.29. The summed E-state index contributed by atoms with van der Waals surface area (Å²) in [7, 11) is 0. The summed E-state index contributed by atoms with van der Waals surface area (Å²) in [6.07, 6.45) is 3.27. The van der Waals surface area contributed by atoms with Gasteiger partial charge in [0.15, 0.2) is 0 Å². The molecule has 1 fully saturated rings. The van der Waals surface area contributed by atoms with Gasteiger partial charge in [-0.25, -0.2) is 0 Å². The zero-order valence-corrected chi connectivity index (χ0v) is 12.1. The highest BCUT2D eigenvalue weighted by atomic mass is 15.4. The lowest BCUT2D eigenvalue weighted by atomic mass is 10.2. The highest BCUT2D eigenvalue weighted by Crippen LogP contribution is 2.17. The first-order chi connectivity index (χ1) is 9.26. The second-order valence-electron chi connectivity index (χ2n) is 5.16. The van der Waals surface area contributed by atoms with E-state index in [1.165, 1.54) is 6.42 Å². The van der Waals surface area contributed by atoms with Crippen molar-refractivity contribution in [1.29, 1.82) is 0 Å². The van der Waals surface area contributed by atoms with Crippen LogP contribution >= 0.6 is 0 Å². The van der Waals surface area contributed by atoms with Crippen LogP contribution in [0.15, 0.2) is 6.20 Å². The van der Waals surface area contributed by atoms with Crippen molar-refractivity contribution in [2.24, 2.45) is 5.73 Å². The van der Waals surface area contributed by atoms with E-state index in [4.69, 9.17) is 5.73 Å². The lowest BCUT2D eigenvalue weighted by molar-refractivity contribution is 0.208. The highest BCUT2D eigenvalue weighted by molar-refractivity contribution is 4.94. The molecule has 0 radical (unpaired) electrons. The van der Waals surface area contributed by atoms with Gasteiger partial charge in [-0.1, -0.05) is 19.1 Å². The van der Waals surface area contributed by atoms with Gasteiger partial charge < -0.3 is 5.73 Å². The van der Waals surface area contributed by atoms with Crippen LogP contribution < -0.4 is 5.73 Å². The number of hydrogen-bond donors (Lipinski definition) is 1. The van der Waals surface area contributed by atoms with Gasteiger partial charge in [-0.2, -0.15) is 0 Å². The molecule has 0 aromatic carbocycles. The molecule has 19 heavy (non-hydrogen) atoms. The minimum absolute atomic E-state index is 0.608. The fraction of sp³-hybridized carbons (Fsp3) is 0.846. The first-order valence-corrected chi connectivity index (χ1v) is 7.32. The topological polar surface area (TPSA) is 63.2 Å². The van der Waals surface area contributed by atoms with Gasteiger partial charge in [0, 0.05) is 38.4 Å². The quantitative estimate of drug-likeness (QED) is 0.761. The van der Waals surface area contributed by atoms with Crippen molar-refractivity contribution < 1.29 is 0 Å². The first kappa shape index (κ1) is 14.4. The van der Waals surface area contributed by atoms with E-state index in [9.17, 15) is 0 Å². The van der Waals surface area contributed by atoms with E-state index in [1.54, 1.807) is 0 Å². The average molecular weight is 266 g/mol. The monoisotopic (exact) mass is 266 g/mol. The van der Waals surface area contributed by atoms with E-state index >= 15 is 0 Å². The molecule has 0 aliphatic carbocycles. The van der Waals surface area contributed by atoms with Gasteiger partial charge >= 0.3 is 0 Å². The molecule has 1 aliphatic heterocycles. The van der Waals surface area contributed by atoms with Crippen LogP contribution in [-0.4, -0.2) is 63.6 Å². The Bertz CT molecular complexity index is 373. The van der Waals surface area contributed by atoms with E-state index < -0.39 is 0 Å². The van der Waals surface area contributed by atoms with Crippen molar-refractivity contribution >= 4 is 0 Å². The third-order valence-corrected chi connectivity index (χ3v) is 3.91. The molecule has 0 spiro atoms. The zero-order chi connectivity index (χ0) is 13.7. The molecule has 6 heteroatoms. The summed E-state index contributed by atoms with van der Waals surface area (Å²) >= 11 is 0. The molecule has 1 saturated heterocycles. The van der Waals surface area contributed by atoms with Gasteiger partial charge in [0.1, 0.15) is 0 Å². The second kappa shape index (κ2) is 6.98. The van der Waals surface area contributed by atoms with Gasteiger partial charge in [0.2, 0.25) is 0 Å². The summed E-state index contributed by atoms with van der Waals surface area (Å²) in [6, 6.07) is 0.703. The Kier molecular flexibility index (Phi) is 5.30. The standard InChI is InChI=1S/C13H26N6/c1-3-18(4-2)13-5-7-17(11-13)9-12-10-19(8-6-14)16-15-12/h10,13H,3-9,11,14H2,1-2H3. The van der Waals surface area contributed by atoms with Crippen molar-refractivity contribution in [3.05, 3.63) is 11.9 Å². The smallest absolute Gasteiger partial charge is 0.0967 e. The summed E-state index contributed by atoms with van der Waals surface area (Å²) in [6.45, 7) is 11.3. The first-order valence-electron chi connectivity index (χ1n) is 7.32. The maximum atomic E-state index is 5.51. The number of nitrogens with zero attached hydrogens (tertiary/aromatic N) is 5. The van der Waals surface area contributed by atoms with Gasteiger partial charge in [-0.15, -0.1) is 5.10 Å². The number of likely N-dealkylation sites (tertiary alicyclic amines) is 1. The van der Waals surface area contributed by atoms with Gasteiger partial charge in [0.25, 0.3) is 0 Å². The molecule has 108 valence electrons. The Morgan fingerprint density at radius 3 is 2.89 bits per heavy atom. The zero-order valence-electron chi connectivity index (χ0n) is 12.1. The normalized spacial score (nSPS) is 20.5. The molecule has 0 bridgehead atoms. The van der Waals surface area contributed by atoms with E-state index in [2.05, 4.69) is 34.0 Å². The van der Waals surface area contributed by atoms with E-state index in [-0.39, 0.29) is 0 Å². The number of hydrogen-bond acceptors (Lipinski definition) is 5. The Morgan fingerprint density at radius 2 is 2.21 bits per heavy atom. The van der Waals surface area contributed by atoms with Crippen molar-refractivity contribution in [2.75, 3.05) is 32.7 Å². The Labute approximate surface area is 115 Å². The second-order valence-corrected chi connectivity index (χ2v) is 5.16. The molecule has 1 aromatic heterocycles. The van der Waals surface area contributed by atoms with E-state index in [0.29, 0.717) is 12.6 Å². The number of likely N-dealkylation sites (N-methyl/N-ethyl adjacent to an activating group) is 1. The maximum absolute atomic E-state index is 5.51. The van der Waals surface area contributed by atoms with Crippen LogP contribution in [-0.2, 0) is 13.1 Å². The third kappa shape index (κ3) is 3.75. The fourth-order valence-electron chi connectivity index (χ4n) is 2.88. The van der Waals surface area contributed by atoms with Crippen LogP contribution in [0.25, 0.3) is 0 Å². The number of aromatic nitrogens is 3. The molecule has 1 aromatic rings. The minimum atomic E-state index is 0.608. The summed E-state index contributed by atoms with van der Waals surface area (Å²) in [5.41, 5.74) is 6.56. The maximum Gasteiger partial charge on any atom is 0.0967 e. The molecule has 1 unspecified atom stereocenters. The fourth-order valence-corrected chi connectivity index (χ4v) is 2.88. The lowest BCUT2D eigenvalue weighted by Crippen LogP contribution is -2.37. The van der Waals surface area contributed by atoms with Crippen LogP contribution in [0.5, 0.6) is 0 Å². The number of nitrogens with two attached hydrogens (primary N) is 1. The van der Waals surface area contributed by atoms with Crippen LogP contribution in [0.3, 0.4) is 0 Å². The summed E-state index contributed by atoms with van der Waals surface area (Å²) in [5.74, 6) is 0. The molecule has 1 atom stereocenters. The molecule has 2 heterocycles. The summed E-state index contributed by atoms with van der Waals surface area (Å²) < 4.78 is 1.83. The predicted octanol–water partition coefficient (Wildman–Crippen LogP) is 0.153. The molecule has 1 aliphatic rings. The predicted molar refractivity (Wildman–Crippen MR) is 75.7 cm³/mol. The van der Waals surface area contributed by atoms with Crippen molar-refractivity contribution in [3.8, 4) is 0 Å². The van der Waals surface area contributed by atoms with Crippen molar-refractivity contribution in [3.63, 3.8) is 0 Å². The van der Waals surface area contributed by atoms with Gasteiger partial charge in [-0.3, -0.25) is 14.5 Å². The SMILES string of the molecule is CCN(CC)C1CCN(Cc2cn(CCN)nn2)C1.